The molecule has 0 aromatic heterocycles. The highest BCUT2D eigenvalue weighted by Gasteiger charge is 2.21. The maximum absolute atomic E-state index is 12.5. The summed E-state index contributed by atoms with van der Waals surface area (Å²) in [5.74, 6) is 0.225. The fourth-order valence-electron chi connectivity index (χ4n) is 3.02. The van der Waals surface area contributed by atoms with E-state index in [2.05, 4.69) is 18.3 Å². The van der Waals surface area contributed by atoms with E-state index in [-0.39, 0.29) is 11.8 Å². The molecule has 1 aromatic rings. The van der Waals surface area contributed by atoms with Gasteiger partial charge in [0, 0.05) is 11.6 Å². The van der Waals surface area contributed by atoms with Crippen LogP contribution in [0.1, 0.15) is 60.5 Å². The van der Waals surface area contributed by atoms with Crippen LogP contribution < -0.4 is 5.32 Å². The molecule has 19 heavy (non-hydrogen) atoms. The van der Waals surface area contributed by atoms with Gasteiger partial charge in [-0.15, -0.1) is 0 Å². The summed E-state index contributed by atoms with van der Waals surface area (Å²) in [5.41, 5.74) is 3.16. The number of aryl methyl sites for hydroxylation is 2. The van der Waals surface area contributed by atoms with Crippen LogP contribution in [-0.4, -0.2) is 17.9 Å². The molecule has 1 fully saturated rings. The quantitative estimate of drug-likeness (QED) is 0.833. The minimum absolute atomic E-state index is 0.0792. The number of hydrogen-bond donors (Lipinski definition) is 1. The van der Waals surface area contributed by atoms with Gasteiger partial charge in [0.2, 0.25) is 0 Å². The van der Waals surface area contributed by atoms with E-state index in [0.717, 1.165) is 11.1 Å². The highest BCUT2D eigenvalue weighted by Crippen LogP contribution is 2.19. The van der Waals surface area contributed by atoms with Crippen molar-refractivity contribution in [2.75, 3.05) is 0 Å². The van der Waals surface area contributed by atoms with Gasteiger partial charge in [-0.3, -0.25) is 4.79 Å². The first-order valence-electron chi connectivity index (χ1n) is 7.45. The average molecular weight is 259 g/mol. The number of carbonyl (C=O) groups excluding carboxylic acids is 1. The lowest BCUT2D eigenvalue weighted by molar-refractivity contribution is 0.0939. The Labute approximate surface area is 116 Å². The monoisotopic (exact) mass is 259 g/mol. The van der Waals surface area contributed by atoms with Gasteiger partial charge in [0.15, 0.2) is 5.78 Å². The van der Waals surface area contributed by atoms with Crippen LogP contribution in [0.25, 0.3) is 0 Å². The lowest BCUT2D eigenvalue weighted by Crippen LogP contribution is -2.42. The van der Waals surface area contributed by atoms with Crippen LogP contribution in [0.15, 0.2) is 18.2 Å². The number of rotatable bonds is 4. The van der Waals surface area contributed by atoms with Crippen LogP contribution >= 0.6 is 0 Å². The molecule has 2 nitrogen and oxygen atoms in total. The van der Waals surface area contributed by atoms with Gasteiger partial charge in [-0.1, -0.05) is 43.0 Å². The first-order chi connectivity index (χ1) is 9.08. The lowest BCUT2D eigenvalue weighted by Gasteiger charge is -2.26. The van der Waals surface area contributed by atoms with Crippen molar-refractivity contribution in [3.8, 4) is 0 Å². The standard InChI is InChI=1S/C17H25NO/c1-12-9-10-16(13(2)11-12)17(19)14(3)18-15-7-5-4-6-8-15/h9-11,14-15,18H,4-8H2,1-3H3. The van der Waals surface area contributed by atoms with Crippen molar-refractivity contribution in [3.63, 3.8) is 0 Å². The normalized spacial score (nSPS) is 18.3. The van der Waals surface area contributed by atoms with Crippen molar-refractivity contribution >= 4 is 5.78 Å². The van der Waals surface area contributed by atoms with Gasteiger partial charge in [0.1, 0.15) is 0 Å². The molecular formula is C17H25NO. The molecule has 0 amide bonds. The molecule has 0 radical (unpaired) electrons. The van der Waals surface area contributed by atoms with Gasteiger partial charge in [-0.2, -0.15) is 0 Å². The number of benzene rings is 1. The summed E-state index contributed by atoms with van der Waals surface area (Å²) in [6, 6.07) is 6.52. The highest BCUT2D eigenvalue weighted by molar-refractivity contribution is 6.01. The molecule has 104 valence electrons. The number of hydrogen-bond acceptors (Lipinski definition) is 2. The van der Waals surface area contributed by atoms with Crippen molar-refractivity contribution in [1.82, 2.24) is 5.32 Å². The third-order valence-electron chi connectivity index (χ3n) is 4.13. The Balaban J connectivity index is 2.01. The average Bonchev–Trinajstić information content (AvgIpc) is 2.39. The van der Waals surface area contributed by atoms with E-state index in [0.29, 0.717) is 6.04 Å². The molecule has 1 saturated carbocycles. The second-order valence-electron chi connectivity index (χ2n) is 5.91. The zero-order valence-electron chi connectivity index (χ0n) is 12.3. The molecule has 1 aliphatic carbocycles. The molecule has 0 spiro atoms. The summed E-state index contributed by atoms with van der Waals surface area (Å²) in [4.78, 5) is 12.5. The van der Waals surface area contributed by atoms with Gasteiger partial charge >= 0.3 is 0 Å². The van der Waals surface area contributed by atoms with Crippen LogP contribution in [0.3, 0.4) is 0 Å². The molecule has 1 unspecified atom stereocenters. The molecule has 1 aromatic carbocycles. The minimum atomic E-state index is -0.0792. The Morgan fingerprint density at radius 1 is 1.21 bits per heavy atom. The van der Waals surface area contributed by atoms with E-state index in [1.165, 1.54) is 37.7 Å². The van der Waals surface area contributed by atoms with Crippen molar-refractivity contribution in [3.05, 3.63) is 34.9 Å². The third-order valence-corrected chi connectivity index (χ3v) is 4.13. The third kappa shape index (κ3) is 3.66. The van der Waals surface area contributed by atoms with Gasteiger partial charge in [-0.25, -0.2) is 0 Å². The van der Waals surface area contributed by atoms with Gasteiger partial charge in [0.05, 0.1) is 6.04 Å². The second-order valence-corrected chi connectivity index (χ2v) is 5.91. The van der Waals surface area contributed by atoms with Crippen LogP contribution in [0.5, 0.6) is 0 Å². The van der Waals surface area contributed by atoms with Gasteiger partial charge < -0.3 is 5.32 Å². The highest BCUT2D eigenvalue weighted by atomic mass is 16.1. The van der Waals surface area contributed by atoms with Crippen molar-refractivity contribution in [2.45, 2.75) is 65.0 Å². The van der Waals surface area contributed by atoms with Gasteiger partial charge in [0.25, 0.3) is 0 Å². The first kappa shape index (κ1) is 14.3. The lowest BCUT2D eigenvalue weighted by atomic mass is 9.93. The minimum Gasteiger partial charge on any atom is -0.305 e. The van der Waals surface area contributed by atoms with Crippen LogP contribution in [-0.2, 0) is 0 Å². The van der Waals surface area contributed by atoms with Crippen molar-refractivity contribution < 1.29 is 4.79 Å². The molecule has 2 rings (SSSR count). The zero-order chi connectivity index (χ0) is 13.8. The van der Waals surface area contributed by atoms with Crippen molar-refractivity contribution in [1.29, 1.82) is 0 Å². The SMILES string of the molecule is Cc1ccc(C(=O)C(C)NC2CCCCC2)c(C)c1. The predicted molar refractivity (Wildman–Crippen MR) is 79.7 cm³/mol. The number of nitrogens with one attached hydrogen (secondary N) is 1. The Bertz CT molecular complexity index is 447. The van der Waals surface area contributed by atoms with E-state index in [9.17, 15) is 4.79 Å². The Morgan fingerprint density at radius 3 is 2.53 bits per heavy atom. The second kappa shape index (κ2) is 6.33. The van der Waals surface area contributed by atoms with Crippen LogP contribution in [0.4, 0.5) is 0 Å². The first-order valence-corrected chi connectivity index (χ1v) is 7.45. The van der Waals surface area contributed by atoms with Crippen LogP contribution in [0.2, 0.25) is 0 Å². The van der Waals surface area contributed by atoms with E-state index in [4.69, 9.17) is 0 Å². The van der Waals surface area contributed by atoms with Crippen molar-refractivity contribution in [2.24, 2.45) is 0 Å². The molecular weight excluding hydrogens is 234 g/mol. The van der Waals surface area contributed by atoms with Gasteiger partial charge in [-0.05, 0) is 39.2 Å². The molecule has 0 saturated heterocycles. The molecule has 1 N–H and O–H groups in total. The Kier molecular flexibility index (Phi) is 4.76. The van der Waals surface area contributed by atoms with E-state index in [1.54, 1.807) is 0 Å². The fourth-order valence-corrected chi connectivity index (χ4v) is 3.02. The number of carbonyl (C=O) groups is 1. The number of ketones is 1. The fraction of sp³-hybridized carbons (Fsp3) is 0.588. The van der Waals surface area contributed by atoms with E-state index >= 15 is 0 Å². The summed E-state index contributed by atoms with van der Waals surface area (Å²) in [6.07, 6.45) is 6.36. The maximum Gasteiger partial charge on any atom is 0.179 e. The number of Topliss-reactive ketones (excluding diaryl/α,β-unsaturated/α-hetero) is 1. The summed E-state index contributed by atoms with van der Waals surface area (Å²) in [6.45, 7) is 6.08. The summed E-state index contributed by atoms with van der Waals surface area (Å²) >= 11 is 0. The smallest absolute Gasteiger partial charge is 0.179 e. The molecule has 1 atom stereocenters. The molecule has 0 heterocycles. The molecule has 2 heteroatoms. The molecule has 0 bridgehead atoms. The predicted octanol–water partition coefficient (Wildman–Crippen LogP) is 3.80. The van der Waals surface area contributed by atoms with E-state index in [1.807, 2.05) is 26.0 Å². The van der Waals surface area contributed by atoms with E-state index < -0.39 is 0 Å². The topological polar surface area (TPSA) is 29.1 Å². The maximum atomic E-state index is 12.5. The zero-order valence-corrected chi connectivity index (χ0v) is 12.3. The Hall–Kier alpha value is -1.15. The summed E-state index contributed by atoms with van der Waals surface area (Å²) < 4.78 is 0. The molecule has 1 aliphatic rings. The van der Waals surface area contributed by atoms with Crippen LogP contribution in [0, 0.1) is 13.8 Å². The summed E-state index contributed by atoms with van der Waals surface area (Å²) in [7, 11) is 0. The largest absolute Gasteiger partial charge is 0.305 e. The summed E-state index contributed by atoms with van der Waals surface area (Å²) in [5, 5.41) is 3.51. The molecule has 0 aliphatic heterocycles. The Morgan fingerprint density at radius 2 is 1.89 bits per heavy atom.